The Morgan fingerprint density at radius 3 is 2.12 bits per heavy atom. The normalized spacial score (nSPS) is 14.5. The fourth-order valence-electron chi connectivity index (χ4n) is 8.73. The largest absolute Gasteiger partial charge is 0.458 e. The summed E-state index contributed by atoms with van der Waals surface area (Å²) in [7, 11) is 0. The lowest BCUT2D eigenvalue weighted by molar-refractivity contribution is 0.479. The molecule has 0 radical (unpaired) electrons. The molecule has 0 N–H and O–H groups in total. The first kappa shape index (κ1) is 32.1. The minimum atomic E-state index is -0.274. The quantitative estimate of drug-likeness (QED) is 0.172. The van der Waals surface area contributed by atoms with E-state index < -0.39 is 0 Å². The van der Waals surface area contributed by atoms with Crippen molar-refractivity contribution in [1.29, 1.82) is 0 Å². The summed E-state index contributed by atoms with van der Waals surface area (Å²) in [5.41, 5.74) is 12.7. The summed E-state index contributed by atoms with van der Waals surface area (Å²) in [5, 5.41) is 2.62. The van der Waals surface area contributed by atoms with E-state index in [4.69, 9.17) is 4.74 Å². The van der Waals surface area contributed by atoms with Gasteiger partial charge in [0.2, 0.25) is 0 Å². The molecule has 2 aliphatic heterocycles. The van der Waals surface area contributed by atoms with Crippen LogP contribution in [0.25, 0.3) is 20.2 Å². The summed E-state index contributed by atoms with van der Waals surface area (Å²) in [5.74, 6) is 1.95. The van der Waals surface area contributed by atoms with Crippen molar-refractivity contribution in [1.82, 2.24) is 0 Å². The molecule has 7 aromatic rings. The Balaban J connectivity index is 1.33. The first-order chi connectivity index (χ1) is 24.3. The lowest BCUT2D eigenvalue weighted by Gasteiger charge is -2.45. The van der Waals surface area contributed by atoms with Gasteiger partial charge in [-0.2, -0.15) is 0 Å². The molecule has 0 atom stereocenters. The Labute approximate surface area is 306 Å². The van der Waals surface area contributed by atoms with Crippen LogP contribution in [0.1, 0.15) is 77.6 Å². The Morgan fingerprint density at radius 1 is 0.627 bits per heavy atom. The van der Waals surface area contributed by atoms with Crippen molar-refractivity contribution in [3.05, 3.63) is 144 Å². The van der Waals surface area contributed by atoms with Gasteiger partial charge < -0.3 is 9.64 Å². The molecule has 51 heavy (non-hydrogen) atoms. The SMILES string of the molecule is CC(C)(C)c1ccc2c(c1)B1c3ccc(N(c4ccccc4)c4cccc5c4sc4ccccc45)cc3C(C)(C)c3c(C(C)(C)C)ccc(c31)O2. The second-order valence-electron chi connectivity index (χ2n) is 17.0. The third-order valence-electron chi connectivity index (χ3n) is 11.3. The van der Waals surface area contributed by atoms with Crippen molar-refractivity contribution in [2.75, 3.05) is 4.90 Å². The number of thiophene rings is 1. The van der Waals surface area contributed by atoms with Gasteiger partial charge in [-0.15, -0.1) is 11.3 Å². The summed E-state index contributed by atoms with van der Waals surface area (Å²) in [4.78, 5) is 2.47. The van der Waals surface area contributed by atoms with Crippen molar-refractivity contribution in [2.45, 2.75) is 71.6 Å². The van der Waals surface area contributed by atoms with E-state index in [0.717, 1.165) is 17.2 Å². The van der Waals surface area contributed by atoms with Crippen LogP contribution in [0.5, 0.6) is 11.5 Å². The molecule has 2 nitrogen and oxygen atoms in total. The van der Waals surface area contributed by atoms with E-state index in [2.05, 4.69) is 182 Å². The maximum Gasteiger partial charge on any atom is 0.251 e. The van der Waals surface area contributed by atoms with Crippen molar-refractivity contribution in [3.8, 4) is 11.5 Å². The zero-order valence-corrected chi connectivity index (χ0v) is 31.7. The third kappa shape index (κ3) is 4.90. The predicted octanol–water partition coefficient (Wildman–Crippen LogP) is 11.4. The van der Waals surface area contributed by atoms with Gasteiger partial charge in [0.25, 0.3) is 6.71 Å². The fourth-order valence-corrected chi connectivity index (χ4v) is 9.93. The van der Waals surface area contributed by atoms with Crippen molar-refractivity contribution in [2.24, 2.45) is 0 Å². The standard InChI is InChI=1S/C47H44BNOS/c1-45(2,3)29-21-25-39-37(27-29)48-36-24-22-31(28-35(36)47(7,8)42-34(46(4,5)6)23-26-40(50-39)43(42)48)49(30-15-10-9-11-16-30)38-19-14-18-33-32-17-12-13-20-41(32)51-44(33)38/h9-28H,1-8H3. The van der Waals surface area contributed by atoms with Crippen molar-refractivity contribution < 1.29 is 4.74 Å². The van der Waals surface area contributed by atoms with Gasteiger partial charge in [0.15, 0.2) is 0 Å². The van der Waals surface area contributed by atoms with Crippen LogP contribution >= 0.6 is 11.3 Å². The molecule has 0 unspecified atom stereocenters. The molecule has 3 heterocycles. The number of nitrogens with zero attached hydrogens (tertiary/aromatic N) is 1. The second-order valence-corrected chi connectivity index (χ2v) is 18.1. The fraction of sp³-hybridized carbons (Fsp3) is 0.234. The Kier molecular flexibility index (Phi) is 6.99. The minimum Gasteiger partial charge on any atom is -0.458 e. The van der Waals surface area contributed by atoms with E-state index in [0.29, 0.717) is 0 Å². The van der Waals surface area contributed by atoms with Gasteiger partial charge >= 0.3 is 0 Å². The molecule has 252 valence electrons. The predicted molar refractivity (Wildman–Crippen MR) is 221 cm³/mol. The Hall–Kier alpha value is -4.80. The minimum absolute atomic E-state index is 0.0236. The molecule has 4 heteroatoms. The number of fused-ring (bicyclic) bond motifs is 7. The molecule has 6 aromatic carbocycles. The van der Waals surface area contributed by atoms with Gasteiger partial charge in [-0.25, -0.2) is 0 Å². The summed E-state index contributed by atoms with van der Waals surface area (Å²) in [6, 6.07) is 45.1. The van der Waals surface area contributed by atoms with Crippen LogP contribution in [0, 0.1) is 0 Å². The van der Waals surface area contributed by atoms with E-state index in [1.54, 1.807) is 0 Å². The molecule has 0 saturated heterocycles. The number of para-hydroxylation sites is 1. The number of benzene rings is 6. The lowest BCUT2D eigenvalue weighted by Crippen LogP contribution is -2.63. The topological polar surface area (TPSA) is 12.5 Å². The first-order valence-corrected chi connectivity index (χ1v) is 19.0. The average Bonchev–Trinajstić information content (AvgIpc) is 3.49. The molecule has 1 aromatic heterocycles. The van der Waals surface area contributed by atoms with E-state index in [9.17, 15) is 0 Å². The van der Waals surface area contributed by atoms with Crippen LogP contribution in [0.15, 0.2) is 121 Å². The second kappa shape index (κ2) is 11.1. The molecule has 0 fully saturated rings. The third-order valence-corrected chi connectivity index (χ3v) is 12.5. The highest BCUT2D eigenvalue weighted by molar-refractivity contribution is 7.26. The van der Waals surface area contributed by atoms with E-state index in [1.807, 2.05) is 11.3 Å². The summed E-state index contributed by atoms with van der Waals surface area (Å²) in [6.07, 6.45) is 0. The van der Waals surface area contributed by atoms with Crippen LogP contribution in [0.4, 0.5) is 17.1 Å². The number of hydrogen-bond donors (Lipinski definition) is 0. The molecule has 9 rings (SSSR count). The molecule has 0 spiro atoms. The maximum absolute atomic E-state index is 6.80. The van der Waals surface area contributed by atoms with Crippen LogP contribution in [-0.2, 0) is 16.2 Å². The van der Waals surface area contributed by atoms with Crippen LogP contribution in [0.2, 0.25) is 0 Å². The maximum atomic E-state index is 6.80. The van der Waals surface area contributed by atoms with E-state index >= 15 is 0 Å². The first-order valence-electron chi connectivity index (χ1n) is 18.2. The zero-order valence-electron chi connectivity index (χ0n) is 30.9. The molecule has 0 amide bonds. The number of ether oxygens (including phenoxy) is 1. The van der Waals surface area contributed by atoms with E-state index in [-0.39, 0.29) is 23.0 Å². The van der Waals surface area contributed by atoms with Gasteiger partial charge in [0.05, 0.1) is 10.4 Å². The smallest absolute Gasteiger partial charge is 0.251 e. The molecular formula is C47H44BNOS. The van der Waals surface area contributed by atoms with E-state index in [1.165, 1.54) is 70.2 Å². The number of hydrogen-bond acceptors (Lipinski definition) is 3. The average molecular weight is 682 g/mol. The highest BCUT2D eigenvalue weighted by atomic mass is 32.1. The van der Waals surface area contributed by atoms with Gasteiger partial charge in [0, 0.05) is 32.3 Å². The molecule has 2 aliphatic rings. The molecule has 0 bridgehead atoms. The number of rotatable bonds is 3. The molecule has 0 aliphatic carbocycles. The van der Waals surface area contributed by atoms with Crippen molar-refractivity contribution in [3.63, 3.8) is 0 Å². The molecule has 0 saturated carbocycles. The zero-order chi connectivity index (χ0) is 35.4. The van der Waals surface area contributed by atoms with Crippen LogP contribution < -0.4 is 26.0 Å². The highest BCUT2D eigenvalue weighted by Gasteiger charge is 2.47. The molecular weight excluding hydrogens is 637 g/mol. The van der Waals surface area contributed by atoms with Gasteiger partial charge in [-0.05, 0) is 92.5 Å². The van der Waals surface area contributed by atoms with Crippen molar-refractivity contribution >= 4 is 71.7 Å². The highest BCUT2D eigenvalue weighted by Crippen LogP contribution is 2.48. The summed E-state index contributed by atoms with van der Waals surface area (Å²) >= 11 is 1.88. The number of anilines is 3. The summed E-state index contributed by atoms with van der Waals surface area (Å²) < 4.78 is 9.42. The Morgan fingerprint density at radius 2 is 1.35 bits per heavy atom. The monoisotopic (exact) mass is 681 g/mol. The Bertz CT molecular complexity index is 2510. The lowest BCUT2D eigenvalue weighted by atomic mass is 9.30. The van der Waals surface area contributed by atoms with Crippen LogP contribution in [-0.4, -0.2) is 6.71 Å². The van der Waals surface area contributed by atoms with Gasteiger partial charge in [0.1, 0.15) is 11.5 Å². The van der Waals surface area contributed by atoms with Crippen LogP contribution in [0.3, 0.4) is 0 Å². The van der Waals surface area contributed by atoms with Gasteiger partial charge in [-0.1, -0.05) is 134 Å². The van der Waals surface area contributed by atoms with Gasteiger partial charge in [-0.3, -0.25) is 0 Å². The summed E-state index contributed by atoms with van der Waals surface area (Å²) in [6.45, 7) is 18.9.